The van der Waals surface area contributed by atoms with E-state index < -0.39 is 6.04 Å². The van der Waals surface area contributed by atoms with Gasteiger partial charge in [-0.15, -0.1) is 11.3 Å². The van der Waals surface area contributed by atoms with Gasteiger partial charge in [0.05, 0.1) is 10.3 Å². The second-order valence-corrected chi connectivity index (χ2v) is 8.02. The van der Waals surface area contributed by atoms with Gasteiger partial charge in [0.15, 0.2) is 0 Å². The smallest absolute Gasteiger partial charge is 0.246 e. The molecule has 1 N–H and O–H groups in total. The topological polar surface area (TPSA) is 49.4 Å². The quantitative estimate of drug-likeness (QED) is 0.862. The van der Waals surface area contributed by atoms with Crippen molar-refractivity contribution in [3.05, 3.63) is 20.8 Å². The van der Waals surface area contributed by atoms with Crippen LogP contribution in [0.25, 0.3) is 0 Å². The summed E-state index contributed by atoms with van der Waals surface area (Å²) in [6, 6.07) is 3.22. The van der Waals surface area contributed by atoms with Crippen LogP contribution in [-0.2, 0) is 16.1 Å². The molecule has 3 unspecified atom stereocenters. The number of hydrogen-bond acceptors (Lipinski definition) is 3. The summed E-state index contributed by atoms with van der Waals surface area (Å²) >= 11 is 5.04. The molecule has 0 bridgehead atoms. The minimum Gasteiger partial charge on any atom is -0.342 e. The van der Waals surface area contributed by atoms with Crippen LogP contribution in [0.15, 0.2) is 15.9 Å². The third-order valence-corrected chi connectivity index (χ3v) is 5.69. The van der Waals surface area contributed by atoms with Gasteiger partial charge in [-0.3, -0.25) is 9.59 Å². The lowest BCUT2D eigenvalue weighted by atomic mass is 9.93. The maximum atomic E-state index is 12.8. The fourth-order valence-electron chi connectivity index (χ4n) is 2.60. The minimum absolute atomic E-state index is 0.0296. The van der Waals surface area contributed by atoms with Crippen LogP contribution in [0.3, 0.4) is 0 Å². The highest BCUT2D eigenvalue weighted by molar-refractivity contribution is 9.11. The van der Waals surface area contributed by atoms with Crippen molar-refractivity contribution in [1.29, 1.82) is 0 Å². The summed E-state index contributed by atoms with van der Waals surface area (Å²) in [5.74, 6) is 0.162. The average Bonchev–Trinajstić information content (AvgIpc) is 2.87. The van der Waals surface area contributed by atoms with Crippen molar-refractivity contribution in [2.75, 3.05) is 0 Å². The molecule has 0 aromatic carbocycles. The first-order valence-corrected chi connectivity index (χ1v) is 8.93. The Bertz CT molecular complexity index is 531. The second-order valence-electron chi connectivity index (χ2n) is 5.47. The number of thiophene rings is 1. The first-order chi connectivity index (χ1) is 9.97. The number of hydrogen-bond donors (Lipinski definition) is 1. The van der Waals surface area contributed by atoms with Gasteiger partial charge in [-0.05, 0) is 40.4 Å². The molecule has 3 atom stereocenters. The number of nitrogens with one attached hydrogen (secondary N) is 1. The number of amides is 2. The van der Waals surface area contributed by atoms with Crippen LogP contribution in [0.2, 0.25) is 0 Å². The molecule has 1 saturated heterocycles. The lowest BCUT2D eigenvalue weighted by molar-refractivity contribution is -0.151. The van der Waals surface area contributed by atoms with E-state index in [0.717, 1.165) is 15.1 Å². The molecule has 0 spiro atoms. The first-order valence-electron chi connectivity index (χ1n) is 7.33. The Morgan fingerprint density at radius 1 is 1.38 bits per heavy atom. The third-order valence-electron chi connectivity index (χ3n) is 4.08. The normalized spacial score (nSPS) is 24.1. The summed E-state index contributed by atoms with van der Waals surface area (Å²) in [4.78, 5) is 27.9. The molecular weight excluding hydrogens is 352 g/mol. The van der Waals surface area contributed by atoms with Crippen LogP contribution >= 0.6 is 27.3 Å². The first kappa shape index (κ1) is 16.5. The van der Waals surface area contributed by atoms with Crippen LogP contribution in [0, 0.1) is 5.92 Å². The molecular formula is C15H21BrN2O2S. The van der Waals surface area contributed by atoms with E-state index in [4.69, 9.17) is 0 Å². The Labute approximate surface area is 138 Å². The molecule has 1 aliphatic heterocycles. The van der Waals surface area contributed by atoms with E-state index in [2.05, 4.69) is 21.2 Å². The molecule has 0 aliphatic carbocycles. The molecule has 0 radical (unpaired) electrons. The van der Waals surface area contributed by atoms with Gasteiger partial charge in [-0.2, -0.15) is 0 Å². The molecule has 2 amide bonds. The van der Waals surface area contributed by atoms with Crippen LogP contribution in [0.5, 0.6) is 0 Å². The van der Waals surface area contributed by atoms with Gasteiger partial charge in [0.25, 0.3) is 0 Å². The Kier molecular flexibility index (Phi) is 5.43. The van der Waals surface area contributed by atoms with Crippen molar-refractivity contribution in [3.8, 4) is 0 Å². The highest BCUT2D eigenvalue weighted by Crippen LogP contribution is 2.27. The number of rotatable bonds is 5. The summed E-state index contributed by atoms with van der Waals surface area (Å²) < 4.78 is 1.04. The zero-order chi connectivity index (χ0) is 15.6. The number of nitrogens with zero attached hydrogens (tertiary/aromatic N) is 1. The van der Waals surface area contributed by atoms with Gasteiger partial charge < -0.3 is 10.2 Å². The Morgan fingerprint density at radius 3 is 2.62 bits per heavy atom. The zero-order valence-electron chi connectivity index (χ0n) is 12.6. The lowest BCUT2D eigenvalue weighted by Gasteiger charge is -2.40. The SMILES string of the molecule is CCC(C)C1NC(=O)C(CC)N(Cc2ccc(Br)s2)C1=O. The predicted octanol–water partition coefficient (Wildman–Crippen LogP) is 3.16. The highest BCUT2D eigenvalue weighted by atomic mass is 79.9. The van der Waals surface area contributed by atoms with E-state index >= 15 is 0 Å². The average molecular weight is 373 g/mol. The fourth-order valence-corrected chi connectivity index (χ4v) is 4.09. The number of halogens is 1. The molecule has 1 aliphatic rings. The zero-order valence-corrected chi connectivity index (χ0v) is 15.0. The van der Waals surface area contributed by atoms with Gasteiger partial charge in [-0.1, -0.05) is 27.2 Å². The summed E-state index contributed by atoms with van der Waals surface area (Å²) in [6.07, 6.45) is 1.50. The van der Waals surface area contributed by atoms with Crippen LogP contribution < -0.4 is 5.32 Å². The number of carbonyl (C=O) groups excluding carboxylic acids is 2. The molecule has 1 aromatic heterocycles. The van der Waals surface area contributed by atoms with E-state index in [1.807, 2.05) is 32.9 Å². The van der Waals surface area contributed by atoms with Crippen molar-refractivity contribution in [2.45, 2.75) is 52.2 Å². The lowest BCUT2D eigenvalue weighted by Crippen LogP contribution is -2.64. The van der Waals surface area contributed by atoms with Gasteiger partial charge in [0.2, 0.25) is 11.8 Å². The molecule has 21 heavy (non-hydrogen) atoms. The standard InChI is InChI=1S/C15H21BrN2O2S/c1-4-9(3)13-15(20)18(11(5-2)14(19)17-13)8-10-6-7-12(16)21-10/h6-7,9,11,13H,4-5,8H2,1-3H3,(H,17,19). The summed E-state index contributed by atoms with van der Waals surface area (Å²) in [5.41, 5.74) is 0. The van der Waals surface area contributed by atoms with Crippen molar-refractivity contribution < 1.29 is 9.59 Å². The predicted molar refractivity (Wildman–Crippen MR) is 88.0 cm³/mol. The largest absolute Gasteiger partial charge is 0.342 e. The van der Waals surface area contributed by atoms with E-state index in [1.54, 1.807) is 16.2 Å². The molecule has 4 nitrogen and oxygen atoms in total. The number of carbonyl (C=O) groups is 2. The van der Waals surface area contributed by atoms with Gasteiger partial charge in [-0.25, -0.2) is 0 Å². The van der Waals surface area contributed by atoms with E-state index in [1.165, 1.54) is 0 Å². The third kappa shape index (κ3) is 3.48. The fraction of sp³-hybridized carbons (Fsp3) is 0.600. The number of piperazine rings is 1. The highest BCUT2D eigenvalue weighted by Gasteiger charge is 2.41. The van der Waals surface area contributed by atoms with E-state index in [9.17, 15) is 9.59 Å². The second kappa shape index (κ2) is 6.92. The monoisotopic (exact) mass is 372 g/mol. The summed E-state index contributed by atoms with van der Waals surface area (Å²) in [7, 11) is 0. The Morgan fingerprint density at radius 2 is 2.10 bits per heavy atom. The molecule has 2 rings (SSSR count). The van der Waals surface area contributed by atoms with Crippen LogP contribution in [0.1, 0.15) is 38.5 Å². The molecule has 116 valence electrons. The molecule has 2 heterocycles. The van der Waals surface area contributed by atoms with Gasteiger partial charge in [0.1, 0.15) is 12.1 Å². The van der Waals surface area contributed by atoms with E-state index in [-0.39, 0.29) is 23.8 Å². The van der Waals surface area contributed by atoms with Gasteiger partial charge >= 0.3 is 0 Å². The summed E-state index contributed by atoms with van der Waals surface area (Å²) in [6.45, 7) is 6.50. The maximum absolute atomic E-state index is 12.8. The molecule has 1 fully saturated rings. The van der Waals surface area contributed by atoms with Crippen molar-refractivity contribution in [3.63, 3.8) is 0 Å². The summed E-state index contributed by atoms with van der Waals surface area (Å²) in [5, 5.41) is 2.90. The Balaban J connectivity index is 2.24. The minimum atomic E-state index is -0.395. The molecule has 0 saturated carbocycles. The Hall–Kier alpha value is -0.880. The van der Waals surface area contributed by atoms with Crippen LogP contribution in [-0.4, -0.2) is 28.8 Å². The van der Waals surface area contributed by atoms with Crippen molar-refractivity contribution >= 4 is 39.1 Å². The molecule has 1 aromatic rings. The van der Waals surface area contributed by atoms with Crippen molar-refractivity contribution in [2.24, 2.45) is 5.92 Å². The van der Waals surface area contributed by atoms with Crippen molar-refractivity contribution in [1.82, 2.24) is 10.2 Å². The van der Waals surface area contributed by atoms with Gasteiger partial charge in [0, 0.05) is 4.88 Å². The maximum Gasteiger partial charge on any atom is 0.246 e. The van der Waals surface area contributed by atoms with E-state index in [0.29, 0.717) is 13.0 Å². The molecule has 6 heteroatoms. The van der Waals surface area contributed by atoms with Crippen LogP contribution in [0.4, 0.5) is 0 Å².